The van der Waals surface area contributed by atoms with Gasteiger partial charge >= 0.3 is 19.8 Å². The lowest BCUT2D eigenvalue weighted by Gasteiger charge is -2.24. The third-order valence-corrected chi connectivity index (χ3v) is 9.69. The summed E-state index contributed by atoms with van der Waals surface area (Å²) in [6.45, 7) is 4.26. The summed E-state index contributed by atoms with van der Waals surface area (Å²) >= 11 is 0. The molecule has 0 aliphatic rings. The Morgan fingerprint density at radius 3 is 1.48 bits per heavy atom. The van der Waals surface area contributed by atoms with Gasteiger partial charge in [-0.25, -0.2) is 4.57 Å². The van der Waals surface area contributed by atoms with Crippen LogP contribution in [-0.2, 0) is 32.7 Å². The van der Waals surface area contributed by atoms with E-state index in [4.69, 9.17) is 18.5 Å². The van der Waals surface area contributed by atoms with E-state index in [0.717, 1.165) is 57.8 Å². The molecule has 1 N–H and O–H groups in total. The number of allylic oxidation sites excluding steroid dienone is 12. The average molecular weight is 807 g/mol. The molecule has 0 aromatic rings. The van der Waals surface area contributed by atoms with Gasteiger partial charge in [0, 0.05) is 12.8 Å². The third kappa shape index (κ3) is 41.1. The predicted molar refractivity (Wildman–Crippen MR) is 233 cm³/mol. The number of likely N-dealkylation sites (N-methyl/N-ethyl adjacent to an activating group) is 1. The van der Waals surface area contributed by atoms with Crippen molar-refractivity contribution >= 4 is 19.8 Å². The van der Waals surface area contributed by atoms with Crippen LogP contribution < -0.4 is 0 Å². The summed E-state index contributed by atoms with van der Waals surface area (Å²) in [5, 5.41) is 0. The Balaban J connectivity index is 4.52. The van der Waals surface area contributed by atoms with E-state index in [-0.39, 0.29) is 26.1 Å². The molecule has 0 saturated heterocycles. The van der Waals surface area contributed by atoms with Crippen molar-refractivity contribution in [2.45, 2.75) is 161 Å². The Kier molecular flexibility index (Phi) is 36.3. The molecule has 0 fully saturated rings. The van der Waals surface area contributed by atoms with Crippen LogP contribution in [0.25, 0.3) is 0 Å². The Bertz CT molecular complexity index is 1180. The molecule has 0 radical (unpaired) electrons. The summed E-state index contributed by atoms with van der Waals surface area (Å²) in [6.07, 6.45) is 46.7. The maximum Gasteiger partial charge on any atom is 0.472 e. The SMILES string of the molecule is CCCCC/C=C/C/C=C/C/C=C/C/C=C/CCCC(=O)O[C@H](COC(=O)CCCCCCC/C=C/C/C=C/CCCCC)COP(=O)(O)OCC[N+](C)(C)C. The van der Waals surface area contributed by atoms with Crippen LogP contribution >= 0.6 is 7.82 Å². The van der Waals surface area contributed by atoms with E-state index in [1.165, 1.54) is 51.4 Å². The Hall–Kier alpha value is -2.55. The molecule has 0 spiro atoms. The van der Waals surface area contributed by atoms with E-state index in [9.17, 15) is 19.0 Å². The zero-order chi connectivity index (χ0) is 41.4. The molecule has 0 aliphatic carbocycles. The first-order chi connectivity index (χ1) is 27.0. The fourth-order valence-electron chi connectivity index (χ4n) is 5.27. The van der Waals surface area contributed by atoms with Gasteiger partial charge in [0.2, 0.25) is 0 Å². The van der Waals surface area contributed by atoms with Gasteiger partial charge in [0.05, 0.1) is 27.7 Å². The molecule has 0 saturated carbocycles. The summed E-state index contributed by atoms with van der Waals surface area (Å²) in [7, 11) is 1.42. The second kappa shape index (κ2) is 38.0. The first kappa shape index (κ1) is 53.5. The molecular weight excluding hydrogens is 725 g/mol. The number of carbonyl (C=O) groups excluding carboxylic acids is 2. The van der Waals surface area contributed by atoms with Gasteiger partial charge in [0.1, 0.15) is 19.8 Å². The van der Waals surface area contributed by atoms with Crippen molar-refractivity contribution < 1.29 is 42.1 Å². The fourth-order valence-corrected chi connectivity index (χ4v) is 6.01. The van der Waals surface area contributed by atoms with E-state index < -0.39 is 32.5 Å². The van der Waals surface area contributed by atoms with Crippen molar-refractivity contribution in [3.8, 4) is 0 Å². The highest BCUT2D eigenvalue weighted by atomic mass is 31.2. The summed E-state index contributed by atoms with van der Waals surface area (Å²) in [5.74, 6) is -0.887. The number of hydrogen-bond acceptors (Lipinski definition) is 7. The number of ether oxygens (including phenoxy) is 2. The standard InChI is InChI=1S/C46H80NO8P/c1-6-8-10-12-14-16-18-20-22-23-25-27-29-31-33-35-37-39-46(49)55-44(43-54-56(50,51)53-41-40-47(3,4)5)42-52-45(48)38-36-34-32-30-28-26-24-21-19-17-15-13-11-9-7-2/h14-17,20-22,24-25,27,31,33,44H,6-13,18-19,23,26,28-30,32,34-43H2,1-5H3/p+1/b16-14+,17-15+,22-20+,24-21+,27-25+,33-31+/t44-/m1/s1. The molecule has 0 aromatic carbocycles. The van der Waals surface area contributed by atoms with Crippen LogP contribution in [0.2, 0.25) is 0 Å². The number of quaternary nitrogens is 1. The minimum atomic E-state index is -4.40. The summed E-state index contributed by atoms with van der Waals surface area (Å²) in [4.78, 5) is 35.3. The maximum absolute atomic E-state index is 12.7. The van der Waals surface area contributed by atoms with E-state index in [2.05, 4.69) is 80.7 Å². The number of hydrogen-bond donors (Lipinski definition) is 1. The third-order valence-electron chi connectivity index (χ3n) is 8.71. The van der Waals surface area contributed by atoms with Crippen molar-refractivity contribution in [3.63, 3.8) is 0 Å². The molecule has 1 unspecified atom stereocenters. The molecule has 10 heteroatoms. The lowest BCUT2D eigenvalue weighted by Crippen LogP contribution is -2.37. The quantitative estimate of drug-likeness (QED) is 0.0216. The summed E-state index contributed by atoms with van der Waals surface area (Å²) in [5.41, 5.74) is 0. The smallest absolute Gasteiger partial charge is 0.462 e. The number of unbranched alkanes of at least 4 members (excludes halogenated alkanes) is 12. The Morgan fingerprint density at radius 2 is 0.982 bits per heavy atom. The second-order valence-corrected chi connectivity index (χ2v) is 16.8. The molecular formula is C46H81NO8P+. The van der Waals surface area contributed by atoms with Crippen molar-refractivity contribution in [1.82, 2.24) is 0 Å². The molecule has 0 bridgehead atoms. The normalized spacial score (nSPS) is 14.3. The lowest BCUT2D eigenvalue weighted by molar-refractivity contribution is -0.870. The number of esters is 2. The van der Waals surface area contributed by atoms with Crippen molar-refractivity contribution in [2.75, 3.05) is 47.5 Å². The van der Waals surface area contributed by atoms with Gasteiger partial charge in [-0.1, -0.05) is 132 Å². The number of nitrogens with zero attached hydrogens (tertiary/aromatic N) is 1. The summed E-state index contributed by atoms with van der Waals surface area (Å²) < 4.78 is 34.2. The topological polar surface area (TPSA) is 108 Å². The molecule has 56 heavy (non-hydrogen) atoms. The molecule has 0 aliphatic heterocycles. The van der Waals surface area contributed by atoms with Gasteiger partial charge in [-0.3, -0.25) is 18.6 Å². The van der Waals surface area contributed by atoms with Gasteiger partial charge in [0.15, 0.2) is 6.10 Å². The number of phosphoric acid groups is 1. The molecule has 0 aromatic heterocycles. The fraction of sp³-hybridized carbons (Fsp3) is 0.696. The summed E-state index contributed by atoms with van der Waals surface area (Å²) in [6, 6.07) is 0. The van der Waals surface area contributed by atoms with Crippen LogP contribution in [-0.4, -0.2) is 74.9 Å². The average Bonchev–Trinajstić information content (AvgIpc) is 3.15. The molecule has 9 nitrogen and oxygen atoms in total. The van der Waals surface area contributed by atoms with E-state index in [1.54, 1.807) is 0 Å². The van der Waals surface area contributed by atoms with E-state index in [0.29, 0.717) is 30.3 Å². The second-order valence-electron chi connectivity index (χ2n) is 15.4. The molecule has 0 amide bonds. The maximum atomic E-state index is 12.7. The minimum Gasteiger partial charge on any atom is -0.462 e. The van der Waals surface area contributed by atoms with Crippen LogP contribution in [0.4, 0.5) is 0 Å². The van der Waals surface area contributed by atoms with Gasteiger partial charge in [-0.05, 0) is 83.5 Å². The van der Waals surface area contributed by atoms with Gasteiger partial charge in [0.25, 0.3) is 0 Å². The van der Waals surface area contributed by atoms with Gasteiger partial charge in [-0.2, -0.15) is 0 Å². The number of carbonyl (C=O) groups is 2. The first-order valence-corrected chi connectivity index (χ1v) is 23.2. The van der Waals surface area contributed by atoms with Gasteiger partial charge in [-0.15, -0.1) is 0 Å². The van der Waals surface area contributed by atoms with Crippen molar-refractivity contribution in [3.05, 3.63) is 72.9 Å². The van der Waals surface area contributed by atoms with Crippen molar-refractivity contribution in [1.29, 1.82) is 0 Å². The zero-order valence-corrected chi connectivity index (χ0v) is 37.0. The molecule has 2 atom stereocenters. The molecule has 0 rings (SSSR count). The van der Waals surface area contributed by atoms with Crippen LogP contribution in [0.3, 0.4) is 0 Å². The molecule has 0 heterocycles. The Labute approximate surface area is 342 Å². The first-order valence-electron chi connectivity index (χ1n) is 21.7. The van der Waals surface area contributed by atoms with E-state index in [1.807, 2.05) is 27.2 Å². The highest BCUT2D eigenvalue weighted by molar-refractivity contribution is 7.47. The van der Waals surface area contributed by atoms with Crippen LogP contribution in [0.1, 0.15) is 155 Å². The largest absolute Gasteiger partial charge is 0.472 e. The van der Waals surface area contributed by atoms with Crippen LogP contribution in [0.5, 0.6) is 0 Å². The van der Waals surface area contributed by atoms with Crippen molar-refractivity contribution in [2.24, 2.45) is 0 Å². The molecule has 322 valence electrons. The lowest BCUT2D eigenvalue weighted by atomic mass is 10.1. The predicted octanol–water partition coefficient (Wildman–Crippen LogP) is 12.2. The minimum absolute atomic E-state index is 0.0156. The van der Waals surface area contributed by atoms with E-state index >= 15 is 0 Å². The number of rotatable bonds is 38. The number of phosphoric ester groups is 1. The monoisotopic (exact) mass is 807 g/mol. The highest BCUT2D eigenvalue weighted by Gasteiger charge is 2.27. The van der Waals surface area contributed by atoms with Crippen LogP contribution in [0.15, 0.2) is 72.9 Å². The Morgan fingerprint density at radius 1 is 0.554 bits per heavy atom. The van der Waals surface area contributed by atoms with Gasteiger partial charge < -0.3 is 18.9 Å². The zero-order valence-electron chi connectivity index (χ0n) is 36.1. The highest BCUT2D eigenvalue weighted by Crippen LogP contribution is 2.43. The van der Waals surface area contributed by atoms with Crippen LogP contribution in [0, 0.1) is 0 Å².